The average molecular weight is 422 g/mol. The molecule has 1 amide bonds. The third kappa shape index (κ3) is 6.08. The fraction of sp³-hybridized carbons (Fsp3) is 0.360. The Kier molecular flexibility index (Phi) is 7.63. The molecule has 0 heterocycles. The summed E-state index contributed by atoms with van der Waals surface area (Å²) in [5.41, 5.74) is 4.96. The Labute approximate surface area is 180 Å². The van der Waals surface area contributed by atoms with E-state index >= 15 is 0 Å². The zero-order chi connectivity index (χ0) is 22.4. The van der Waals surface area contributed by atoms with Crippen molar-refractivity contribution in [2.45, 2.75) is 57.3 Å². The number of carboxylic acids is 1. The summed E-state index contributed by atoms with van der Waals surface area (Å²) in [6.07, 6.45) is 0.0872. The van der Waals surface area contributed by atoms with Gasteiger partial charge < -0.3 is 10.4 Å². The fourth-order valence-corrected chi connectivity index (χ4v) is 3.72. The van der Waals surface area contributed by atoms with Gasteiger partial charge in [0.15, 0.2) is 0 Å². The number of carbonyl (C=O) groups excluding carboxylic acids is 1. The number of benzene rings is 2. The van der Waals surface area contributed by atoms with Crippen LogP contribution in [0, 0.1) is 11.5 Å². The van der Waals surface area contributed by atoms with Crippen molar-refractivity contribution >= 4 is 20.0 Å². The smallest absolute Gasteiger partial charge is 0.327 e. The molecule has 0 aliphatic heterocycles. The lowest BCUT2D eigenvalue weighted by molar-refractivity contribution is -0.141. The van der Waals surface area contributed by atoms with Crippen LogP contribution in [0.1, 0.15) is 44.2 Å². The maximum atomic E-state index is 13.2. The van der Waals surface area contributed by atoms with E-state index in [-0.39, 0.29) is 17.4 Å². The maximum absolute atomic E-state index is 13.2. The van der Waals surface area contributed by atoms with Crippen LogP contribution >= 0.6 is 0 Å². The van der Waals surface area contributed by atoms with Crippen LogP contribution in [0.15, 0.2) is 60.7 Å². The highest BCUT2D eigenvalue weighted by atomic mass is 28.3. The zero-order valence-electron chi connectivity index (χ0n) is 18.4. The van der Waals surface area contributed by atoms with Crippen molar-refractivity contribution in [3.8, 4) is 11.5 Å². The Morgan fingerprint density at radius 2 is 1.43 bits per heavy atom. The van der Waals surface area contributed by atoms with E-state index in [0.29, 0.717) is 0 Å². The summed E-state index contributed by atoms with van der Waals surface area (Å²) in [4.78, 5) is 25.0. The summed E-state index contributed by atoms with van der Waals surface area (Å²) < 4.78 is 0. The molecule has 5 heteroatoms. The molecule has 0 saturated carbocycles. The monoisotopic (exact) mass is 421 g/mol. The highest BCUT2D eigenvalue weighted by molar-refractivity contribution is 6.87. The molecule has 30 heavy (non-hydrogen) atoms. The summed E-state index contributed by atoms with van der Waals surface area (Å²) >= 11 is 0. The maximum Gasteiger partial charge on any atom is 0.327 e. The van der Waals surface area contributed by atoms with Crippen LogP contribution < -0.4 is 5.32 Å². The van der Waals surface area contributed by atoms with Crippen molar-refractivity contribution in [2.24, 2.45) is 0 Å². The Morgan fingerprint density at radius 1 is 0.967 bits per heavy atom. The topological polar surface area (TPSA) is 66.4 Å². The first-order valence-electron chi connectivity index (χ1n) is 10.2. The van der Waals surface area contributed by atoms with E-state index in [1.54, 1.807) is 0 Å². The van der Waals surface area contributed by atoms with Crippen LogP contribution in [0.4, 0.5) is 0 Å². The number of nitrogens with one attached hydrogen (secondary N) is 1. The van der Waals surface area contributed by atoms with E-state index in [1.165, 1.54) is 0 Å². The van der Waals surface area contributed by atoms with Gasteiger partial charge in [0.05, 0.1) is 5.92 Å². The predicted octanol–water partition coefficient (Wildman–Crippen LogP) is 4.83. The lowest BCUT2D eigenvalue weighted by atomic mass is 9.90. The largest absolute Gasteiger partial charge is 0.480 e. The van der Waals surface area contributed by atoms with E-state index in [1.807, 2.05) is 60.7 Å². The molecule has 4 nitrogen and oxygen atoms in total. The van der Waals surface area contributed by atoms with E-state index in [2.05, 4.69) is 50.6 Å². The molecule has 0 aliphatic rings. The number of hydrogen-bond donors (Lipinski definition) is 2. The van der Waals surface area contributed by atoms with E-state index in [0.717, 1.165) is 11.1 Å². The molecule has 0 radical (unpaired) electrons. The molecule has 0 fully saturated rings. The van der Waals surface area contributed by atoms with Gasteiger partial charge in [0.2, 0.25) is 5.91 Å². The minimum atomic E-state index is -1.84. The van der Waals surface area contributed by atoms with Gasteiger partial charge >= 0.3 is 5.97 Å². The minimum Gasteiger partial charge on any atom is -0.480 e. The van der Waals surface area contributed by atoms with Crippen molar-refractivity contribution in [3.63, 3.8) is 0 Å². The Bertz CT molecular complexity index is 882. The van der Waals surface area contributed by atoms with Gasteiger partial charge in [-0.3, -0.25) is 4.79 Å². The summed E-state index contributed by atoms with van der Waals surface area (Å²) in [5.74, 6) is 1.06. The van der Waals surface area contributed by atoms with Gasteiger partial charge in [0.25, 0.3) is 0 Å². The molecule has 0 aliphatic carbocycles. The second-order valence-corrected chi connectivity index (χ2v) is 14.0. The van der Waals surface area contributed by atoms with Crippen LogP contribution in [-0.2, 0) is 9.59 Å². The van der Waals surface area contributed by atoms with Gasteiger partial charge in [-0.05, 0) is 16.2 Å². The molecule has 2 N–H and O–H groups in total. The first-order chi connectivity index (χ1) is 14.0. The quantitative estimate of drug-likeness (QED) is 0.519. The Balaban J connectivity index is 2.25. The van der Waals surface area contributed by atoms with Crippen LogP contribution in [0.3, 0.4) is 0 Å². The van der Waals surface area contributed by atoms with Crippen molar-refractivity contribution in [2.75, 3.05) is 0 Å². The first kappa shape index (κ1) is 23.4. The highest BCUT2D eigenvalue weighted by Crippen LogP contribution is 2.35. The summed E-state index contributed by atoms with van der Waals surface area (Å²) in [6, 6.07) is 17.7. The van der Waals surface area contributed by atoms with Crippen molar-refractivity contribution < 1.29 is 14.7 Å². The molecule has 0 aromatic heterocycles. The second-order valence-electron chi connectivity index (χ2n) is 9.03. The first-order valence-corrected chi connectivity index (χ1v) is 13.2. The van der Waals surface area contributed by atoms with Gasteiger partial charge in [-0.25, -0.2) is 4.79 Å². The molecule has 0 unspecified atom stereocenters. The molecule has 0 saturated heterocycles. The van der Waals surface area contributed by atoms with E-state index in [4.69, 9.17) is 0 Å². The summed E-state index contributed by atoms with van der Waals surface area (Å²) in [6.45, 7) is 10.8. The number of hydrogen-bond acceptors (Lipinski definition) is 2. The van der Waals surface area contributed by atoms with Crippen molar-refractivity contribution in [3.05, 3.63) is 71.8 Å². The second kappa shape index (κ2) is 9.77. The average Bonchev–Trinajstić information content (AvgIpc) is 2.68. The Hall–Kier alpha value is -2.84. The predicted molar refractivity (Wildman–Crippen MR) is 124 cm³/mol. The molecule has 2 rings (SSSR count). The summed E-state index contributed by atoms with van der Waals surface area (Å²) in [5, 5.41) is 12.5. The third-order valence-corrected chi connectivity index (χ3v) is 10.3. The highest BCUT2D eigenvalue weighted by Gasteiger charge is 2.34. The standard InChI is InChI=1S/C25H31NO3Si/c1-25(2,3)30(4,5)18-12-17-21(24(28)29)26-23(27)22(19-13-8-6-9-14-19)20-15-10-7-11-16-20/h6-11,13-16,21-22H,17H2,1-5H3,(H,26,27)(H,28,29)/t21-/m0/s1. The number of rotatable bonds is 6. The lowest BCUT2D eigenvalue weighted by Crippen LogP contribution is -2.43. The van der Waals surface area contributed by atoms with Crippen LogP contribution in [0.5, 0.6) is 0 Å². The number of carboxylic acid groups (broad SMARTS) is 1. The van der Waals surface area contributed by atoms with E-state index < -0.39 is 26.0 Å². The molecular weight excluding hydrogens is 390 g/mol. The third-order valence-electron chi connectivity index (χ3n) is 5.72. The normalized spacial score (nSPS) is 12.6. The number of aliphatic carboxylic acids is 1. The van der Waals surface area contributed by atoms with Crippen LogP contribution in [0.2, 0.25) is 18.1 Å². The van der Waals surface area contributed by atoms with Crippen molar-refractivity contribution in [1.29, 1.82) is 0 Å². The van der Waals surface area contributed by atoms with Gasteiger partial charge in [-0.2, -0.15) is 0 Å². The van der Waals surface area contributed by atoms with Gasteiger partial charge in [-0.15, -0.1) is 11.5 Å². The van der Waals surface area contributed by atoms with Crippen molar-refractivity contribution in [1.82, 2.24) is 5.32 Å². The van der Waals surface area contributed by atoms with Crippen LogP contribution in [-0.4, -0.2) is 31.1 Å². The number of amides is 1. The molecule has 2 aromatic carbocycles. The molecule has 0 bridgehead atoms. The molecule has 158 valence electrons. The molecule has 1 atom stereocenters. The van der Waals surface area contributed by atoms with Gasteiger partial charge in [-0.1, -0.05) is 94.5 Å². The SMILES string of the molecule is CC(C)(C)[Si](C)(C)C#CC[C@H](NC(=O)C(c1ccccc1)c1ccccc1)C(=O)O. The van der Waals surface area contributed by atoms with Gasteiger partial charge in [0.1, 0.15) is 14.1 Å². The molecule has 0 spiro atoms. The Morgan fingerprint density at radius 3 is 1.83 bits per heavy atom. The number of carbonyl (C=O) groups is 2. The fourth-order valence-electron chi connectivity index (χ4n) is 2.80. The lowest BCUT2D eigenvalue weighted by Gasteiger charge is -2.31. The molecular formula is C25H31NO3Si. The zero-order valence-corrected chi connectivity index (χ0v) is 19.4. The minimum absolute atomic E-state index is 0.0872. The van der Waals surface area contributed by atoms with E-state index in [9.17, 15) is 14.7 Å². The summed E-state index contributed by atoms with van der Waals surface area (Å²) in [7, 11) is -1.84. The molecule has 2 aromatic rings. The van der Waals surface area contributed by atoms with Gasteiger partial charge in [0, 0.05) is 6.42 Å². The van der Waals surface area contributed by atoms with Crippen LogP contribution in [0.25, 0.3) is 0 Å².